The van der Waals surface area contributed by atoms with E-state index in [4.69, 9.17) is 23.6 Å². The van der Waals surface area contributed by atoms with E-state index in [1.807, 2.05) is 0 Å². The van der Waals surface area contributed by atoms with Crippen LogP contribution in [0.25, 0.3) is 0 Å². The molecule has 0 aliphatic carbocycles. The normalized spacial score (nSPS) is 14.8. The van der Waals surface area contributed by atoms with Gasteiger partial charge in [0.25, 0.3) is 0 Å². The molecule has 10 heteroatoms. The number of unbranched alkanes of at least 4 members (excludes halogenated alkanes) is 13. The molecular weight excluding hydrogens is 776 g/mol. The summed E-state index contributed by atoms with van der Waals surface area (Å²) in [6.07, 6.45) is 57.9. The van der Waals surface area contributed by atoms with Crippen molar-refractivity contribution in [3.05, 3.63) is 97.2 Å². The standard InChI is InChI=1S/C50H85O9P/c1-3-5-7-9-11-13-15-17-19-21-23-25-27-29-31-33-35-37-39-41-43-56-46-49(47-58-60(54,55)57-45-48(52)44-51)59-50(53)42-40-38-36-34-32-30-28-26-24-22-20-18-16-14-12-10-8-6-4-2/h6,8,11-14,17-20,23-26,30,32,48-49,51-52H,3-5,7,9-10,15-16,21-22,27-29,31,33-47H2,1-2H3,(H,54,55)/b8-6-,13-11-,14-12-,19-17-,20-18-,25-23-,26-24-,32-30-. The van der Waals surface area contributed by atoms with Gasteiger partial charge in [0, 0.05) is 13.0 Å². The van der Waals surface area contributed by atoms with Crippen molar-refractivity contribution in [3.63, 3.8) is 0 Å². The molecule has 0 aromatic carbocycles. The number of carbonyl (C=O) groups is 1. The van der Waals surface area contributed by atoms with E-state index in [0.717, 1.165) is 89.9 Å². The second-order valence-electron chi connectivity index (χ2n) is 15.0. The van der Waals surface area contributed by atoms with Crippen LogP contribution in [0.5, 0.6) is 0 Å². The van der Waals surface area contributed by atoms with Crippen LogP contribution in [0.1, 0.15) is 168 Å². The zero-order valence-electron chi connectivity index (χ0n) is 37.6. The molecule has 0 aromatic rings. The molecule has 0 fully saturated rings. The second kappa shape index (κ2) is 45.9. The van der Waals surface area contributed by atoms with Crippen LogP contribution < -0.4 is 0 Å². The highest BCUT2D eigenvalue weighted by Gasteiger charge is 2.26. The number of allylic oxidation sites excluding steroid dienone is 16. The summed E-state index contributed by atoms with van der Waals surface area (Å²) in [6.45, 7) is 3.29. The highest BCUT2D eigenvalue weighted by molar-refractivity contribution is 7.47. The second-order valence-corrected chi connectivity index (χ2v) is 16.5. The number of aliphatic hydroxyl groups is 2. The molecule has 0 radical (unpaired) electrons. The number of rotatable bonds is 43. The van der Waals surface area contributed by atoms with Gasteiger partial charge in [-0.2, -0.15) is 0 Å². The van der Waals surface area contributed by atoms with Gasteiger partial charge in [-0.1, -0.05) is 162 Å². The summed E-state index contributed by atoms with van der Waals surface area (Å²) in [5.74, 6) is -0.421. The van der Waals surface area contributed by atoms with Crippen molar-refractivity contribution < 1.29 is 43.0 Å². The fourth-order valence-electron chi connectivity index (χ4n) is 5.74. The molecule has 0 aromatic heterocycles. The quantitative estimate of drug-likeness (QED) is 0.0237. The number of hydrogen-bond acceptors (Lipinski definition) is 8. The monoisotopic (exact) mass is 861 g/mol. The fraction of sp³-hybridized carbons (Fsp3) is 0.660. The third-order valence-electron chi connectivity index (χ3n) is 9.25. The van der Waals surface area contributed by atoms with Gasteiger partial charge in [-0.05, 0) is 96.3 Å². The van der Waals surface area contributed by atoms with Crippen LogP contribution in [0.15, 0.2) is 97.2 Å². The van der Waals surface area contributed by atoms with E-state index in [0.29, 0.717) is 13.0 Å². The number of phosphoric acid groups is 1. The summed E-state index contributed by atoms with van der Waals surface area (Å²) >= 11 is 0. The van der Waals surface area contributed by atoms with Gasteiger partial charge in [0.2, 0.25) is 0 Å². The van der Waals surface area contributed by atoms with Crippen molar-refractivity contribution >= 4 is 13.8 Å². The molecule has 0 saturated carbocycles. The molecule has 60 heavy (non-hydrogen) atoms. The van der Waals surface area contributed by atoms with Crippen molar-refractivity contribution in [1.29, 1.82) is 0 Å². The molecule has 3 atom stereocenters. The lowest BCUT2D eigenvalue weighted by atomic mass is 10.1. The molecule has 0 heterocycles. The molecule has 0 spiro atoms. The fourth-order valence-corrected chi connectivity index (χ4v) is 6.53. The van der Waals surface area contributed by atoms with Crippen LogP contribution in [0.2, 0.25) is 0 Å². The number of aliphatic hydroxyl groups excluding tert-OH is 2. The smallest absolute Gasteiger partial charge is 0.457 e. The van der Waals surface area contributed by atoms with Crippen molar-refractivity contribution in [2.45, 2.75) is 180 Å². The first-order chi connectivity index (χ1) is 29.3. The average Bonchev–Trinajstić information content (AvgIpc) is 3.24. The summed E-state index contributed by atoms with van der Waals surface area (Å²) in [4.78, 5) is 22.6. The maximum Gasteiger partial charge on any atom is 0.472 e. The summed E-state index contributed by atoms with van der Waals surface area (Å²) in [5, 5.41) is 18.4. The van der Waals surface area contributed by atoms with Gasteiger partial charge >= 0.3 is 13.8 Å². The minimum absolute atomic E-state index is 0.0224. The van der Waals surface area contributed by atoms with E-state index in [-0.39, 0.29) is 13.0 Å². The van der Waals surface area contributed by atoms with Crippen LogP contribution in [-0.2, 0) is 27.9 Å². The van der Waals surface area contributed by atoms with Crippen molar-refractivity contribution in [1.82, 2.24) is 0 Å². The van der Waals surface area contributed by atoms with Gasteiger partial charge in [-0.3, -0.25) is 13.8 Å². The molecule has 9 nitrogen and oxygen atoms in total. The largest absolute Gasteiger partial charge is 0.472 e. The number of carbonyl (C=O) groups excluding carboxylic acids is 1. The molecule has 0 aliphatic rings. The predicted molar refractivity (Wildman–Crippen MR) is 251 cm³/mol. The molecule has 0 rings (SSSR count). The maximum atomic E-state index is 12.6. The van der Waals surface area contributed by atoms with E-state index in [1.54, 1.807) is 0 Å². The molecule has 0 amide bonds. The first kappa shape index (κ1) is 57.4. The van der Waals surface area contributed by atoms with Crippen molar-refractivity contribution in [2.75, 3.05) is 33.0 Å². The zero-order chi connectivity index (χ0) is 43.9. The number of ether oxygens (including phenoxy) is 2. The third-order valence-corrected chi connectivity index (χ3v) is 10.2. The minimum Gasteiger partial charge on any atom is -0.457 e. The Bertz CT molecular complexity index is 1250. The lowest BCUT2D eigenvalue weighted by molar-refractivity contribution is -0.154. The Labute approximate surface area is 366 Å². The van der Waals surface area contributed by atoms with Crippen LogP contribution >= 0.6 is 7.82 Å². The predicted octanol–water partition coefficient (Wildman–Crippen LogP) is 13.3. The maximum absolute atomic E-state index is 12.6. The van der Waals surface area contributed by atoms with E-state index < -0.39 is 45.8 Å². The van der Waals surface area contributed by atoms with E-state index in [9.17, 15) is 19.4 Å². The highest BCUT2D eigenvalue weighted by Crippen LogP contribution is 2.43. The summed E-state index contributed by atoms with van der Waals surface area (Å²) in [7, 11) is -4.54. The van der Waals surface area contributed by atoms with Gasteiger partial charge in [-0.25, -0.2) is 4.57 Å². The highest BCUT2D eigenvalue weighted by atomic mass is 31.2. The van der Waals surface area contributed by atoms with E-state index >= 15 is 0 Å². The Kier molecular flexibility index (Phi) is 43.9. The van der Waals surface area contributed by atoms with Gasteiger partial charge in [0.05, 0.1) is 26.4 Å². The van der Waals surface area contributed by atoms with Gasteiger partial charge in [0.15, 0.2) is 0 Å². The molecule has 0 saturated heterocycles. The summed E-state index contributed by atoms with van der Waals surface area (Å²) in [5.41, 5.74) is 0. The first-order valence-electron chi connectivity index (χ1n) is 23.2. The van der Waals surface area contributed by atoms with Crippen LogP contribution in [0.4, 0.5) is 0 Å². The van der Waals surface area contributed by atoms with Gasteiger partial charge in [0.1, 0.15) is 12.2 Å². The molecule has 3 unspecified atom stereocenters. The summed E-state index contributed by atoms with van der Waals surface area (Å²) in [6, 6.07) is 0. The third kappa shape index (κ3) is 44.9. The van der Waals surface area contributed by atoms with Gasteiger partial charge < -0.3 is 24.6 Å². The molecule has 3 N–H and O–H groups in total. The average molecular weight is 861 g/mol. The number of hydrogen-bond donors (Lipinski definition) is 3. The Morgan fingerprint density at radius 1 is 0.533 bits per heavy atom. The van der Waals surface area contributed by atoms with Gasteiger partial charge in [-0.15, -0.1) is 0 Å². The van der Waals surface area contributed by atoms with Crippen LogP contribution in [0, 0.1) is 0 Å². The number of phosphoric ester groups is 1. The van der Waals surface area contributed by atoms with Crippen LogP contribution in [0.3, 0.4) is 0 Å². The lowest BCUT2D eigenvalue weighted by Crippen LogP contribution is -2.29. The topological polar surface area (TPSA) is 132 Å². The molecule has 0 bridgehead atoms. The van der Waals surface area contributed by atoms with Crippen LogP contribution in [-0.4, -0.2) is 66.3 Å². The molecule has 344 valence electrons. The zero-order valence-corrected chi connectivity index (χ0v) is 38.5. The summed E-state index contributed by atoms with van der Waals surface area (Å²) < 4.78 is 33.4. The van der Waals surface area contributed by atoms with Crippen molar-refractivity contribution in [2.24, 2.45) is 0 Å². The van der Waals surface area contributed by atoms with E-state index in [2.05, 4.69) is 111 Å². The number of esters is 1. The van der Waals surface area contributed by atoms with Crippen molar-refractivity contribution in [3.8, 4) is 0 Å². The Hall–Kier alpha value is -2.62. The minimum atomic E-state index is -4.54. The van der Waals surface area contributed by atoms with E-state index in [1.165, 1.54) is 51.4 Å². The Morgan fingerprint density at radius 3 is 1.43 bits per heavy atom. The Balaban J connectivity index is 4.25. The lowest BCUT2D eigenvalue weighted by Gasteiger charge is -2.20. The SMILES string of the molecule is CC/C=C\C/C=C\C/C=C\C/C=C\C/C=C\CCCCCC(=O)OC(COCCCCCCCCC/C=C\C/C=C\C/C=C\CCCCC)COP(=O)(O)OCC(O)CO. The molecule has 0 aliphatic heterocycles. The first-order valence-corrected chi connectivity index (χ1v) is 24.7. The molecular formula is C50H85O9P. The Morgan fingerprint density at radius 2 is 0.950 bits per heavy atom.